The standard InChI is InChI=1S/C23H28/c1-2-9-20-16-21(15-14-19-10-5-3-6-11-19)18-23(17-20)22-12-7-4-8-13-22/h2-7,10,12,16-17,19,21H,1,8-9,11,13-15,18H2. The first-order valence-electron chi connectivity index (χ1n) is 9.06. The molecule has 0 heterocycles. The van der Waals surface area contributed by atoms with Crippen molar-refractivity contribution in [2.45, 2.75) is 44.9 Å². The Hall–Kier alpha value is -1.82. The minimum atomic E-state index is 0.691. The third-order valence-corrected chi connectivity index (χ3v) is 5.08. The molecule has 23 heavy (non-hydrogen) atoms. The van der Waals surface area contributed by atoms with E-state index < -0.39 is 0 Å². The Morgan fingerprint density at radius 2 is 1.96 bits per heavy atom. The number of rotatable bonds is 6. The van der Waals surface area contributed by atoms with Crippen LogP contribution in [-0.2, 0) is 0 Å². The fourth-order valence-electron chi connectivity index (χ4n) is 3.82. The second-order valence-electron chi connectivity index (χ2n) is 6.91. The zero-order chi connectivity index (χ0) is 15.9. The fraction of sp³-hybridized carbons (Fsp3) is 0.391. The van der Waals surface area contributed by atoms with Crippen LogP contribution in [0.25, 0.3) is 0 Å². The molecule has 0 aromatic heterocycles. The van der Waals surface area contributed by atoms with E-state index in [4.69, 9.17) is 0 Å². The first-order valence-corrected chi connectivity index (χ1v) is 9.06. The zero-order valence-corrected chi connectivity index (χ0v) is 14.1. The second-order valence-corrected chi connectivity index (χ2v) is 6.91. The molecule has 0 nitrogen and oxygen atoms in total. The van der Waals surface area contributed by atoms with Gasteiger partial charge < -0.3 is 0 Å². The highest BCUT2D eigenvalue weighted by molar-refractivity contribution is 5.44. The summed E-state index contributed by atoms with van der Waals surface area (Å²) in [7, 11) is 0. The lowest BCUT2D eigenvalue weighted by Crippen LogP contribution is -2.10. The molecule has 0 N–H and O–H groups in total. The first kappa shape index (κ1) is 16.1. The van der Waals surface area contributed by atoms with Gasteiger partial charge >= 0.3 is 0 Å². The summed E-state index contributed by atoms with van der Waals surface area (Å²) in [6.07, 6.45) is 31.2. The predicted octanol–water partition coefficient (Wildman–Crippen LogP) is 6.62. The van der Waals surface area contributed by atoms with Crippen molar-refractivity contribution in [1.29, 1.82) is 0 Å². The second kappa shape index (κ2) is 8.15. The van der Waals surface area contributed by atoms with Crippen molar-refractivity contribution in [2.24, 2.45) is 11.8 Å². The molecule has 0 aromatic carbocycles. The molecule has 2 unspecified atom stereocenters. The highest BCUT2D eigenvalue weighted by Gasteiger charge is 2.19. The molecule has 0 aromatic rings. The molecule has 0 saturated heterocycles. The molecule has 0 saturated carbocycles. The Balaban J connectivity index is 1.66. The summed E-state index contributed by atoms with van der Waals surface area (Å²) in [6, 6.07) is 0. The van der Waals surface area contributed by atoms with E-state index in [9.17, 15) is 0 Å². The van der Waals surface area contributed by atoms with Crippen molar-refractivity contribution in [1.82, 2.24) is 0 Å². The summed E-state index contributed by atoms with van der Waals surface area (Å²) in [5.41, 5.74) is 4.58. The molecular weight excluding hydrogens is 276 g/mol. The third kappa shape index (κ3) is 4.58. The van der Waals surface area contributed by atoms with E-state index in [1.165, 1.54) is 44.1 Å². The van der Waals surface area contributed by atoms with Gasteiger partial charge in [-0.1, -0.05) is 60.8 Å². The average molecular weight is 304 g/mol. The Morgan fingerprint density at radius 3 is 2.70 bits per heavy atom. The molecule has 3 aliphatic rings. The number of allylic oxidation sites excluding steroid dienone is 13. The summed E-state index contributed by atoms with van der Waals surface area (Å²) in [5.74, 6) is 1.43. The van der Waals surface area contributed by atoms with Crippen molar-refractivity contribution < 1.29 is 0 Å². The molecule has 2 atom stereocenters. The minimum absolute atomic E-state index is 0.691. The fourth-order valence-corrected chi connectivity index (χ4v) is 3.82. The van der Waals surface area contributed by atoms with Crippen molar-refractivity contribution in [2.75, 3.05) is 0 Å². The van der Waals surface area contributed by atoms with Crippen LogP contribution in [0, 0.1) is 11.8 Å². The normalized spacial score (nSPS) is 26.5. The van der Waals surface area contributed by atoms with E-state index in [-0.39, 0.29) is 0 Å². The molecule has 0 aliphatic heterocycles. The monoisotopic (exact) mass is 304 g/mol. The van der Waals surface area contributed by atoms with Crippen LogP contribution in [0.15, 0.2) is 84.1 Å². The zero-order valence-electron chi connectivity index (χ0n) is 14.1. The van der Waals surface area contributed by atoms with Crippen molar-refractivity contribution in [3.63, 3.8) is 0 Å². The quantitative estimate of drug-likeness (QED) is 0.483. The maximum Gasteiger partial charge on any atom is -0.0103 e. The van der Waals surface area contributed by atoms with Gasteiger partial charge in [-0.2, -0.15) is 0 Å². The molecule has 120 valence electrons. The van der Waals surface area contributed by atoms with Crippen LogP contribution in [0.2, 0.25) is 0 Å². The molecule has 0 fully saturated rings. The number of hydrogen-bond donors (Lipinski definition) is 0. The van der Waals surface area contributed by atoms with Gasteiger partial charge in [-0.15, -0.1) is 6.58 Å². The molecule has 0 heteroatoms. The Labute approximate surface area is 141 Å². The third-order valence-electron chi connectivity index (χ3n) is 5.08. The predicted molar refractivity (Wildman–Crippen MR) is 101 cm³/mol. The van der Waals surface area contributed by atoms with Gasteiger partial charge in [0.15, 0.2) is 0 Å². The van der Waals surface area contributed by atoms with Gasteiger partial charge in [-0.05, 0) is 73.5 Å². The van der Waals surface area contributed by atoms with Gasteiger partial charge in [0.2, 0.25) is 0 Å². The van der Waals surface area contributed by atoms with Gasteiger partial charge in [0.1, 0.15) is 0 Å². The molecular formula is C23H28. The topological polar surface area (TPSA) is 0 Å². The van der Waals surface area contributed by atoms with Crippen LogP contribution < -0.4 is 0 Å². The van der Waals surface area contributed by atoms with Gasteiger partial charge in [-0.3, -0.25) is 0 Å². The lowest BCUT2D eigenvalue weighted by molar-refractivity contribution is 0.480. The van der Waals surface area contributed by atoms with Crippen molar-refractivity contribution in [3.8, 4) is 0 Å². The van der Waals surface area contributed by atoms with Crippen LogP contribution in [0.3, 0.4) is 0 Å². The average Bonchev–Trinajstić information content (AvgIpc) is 2.62. The van der Waals surface area contributed by atoms with E-state index in [0.717, 1.165) is 12.3 Å². The molecule has 0 bridgehead atoms. The minimum Gasteiger partial charge on any atom is -0.103 e. The van der Waals surface area contributed by atoms with E-state index >= 15 is 0 Å². The van der Waals surface area contributed by atoms with Crippen molar-refractivity contribution >= 4 is 0 Å². The summed E-state index contributed by atoms with van der Waals surface area (Å²) >= 11 is 0. The SMILES string of the molecule is C=CCC1=CC(CCC2C=CC=CC2)CC(C2=CC=CCC2)=C1. The van der Waals surface area contributed by atoms with E-state index in [2.05, 4.69) is 61.3 Å². The highest BCUT2D eigenvalue weighted by atomic mass is 14.2. The maximum atomic E-state index is 3.92. The molecule has 3 aliphatic carbocycles. The Morgan fingerprint density at radius 1 is 1.04 bits per heavy atom. The van der Waals surface area contributed by atoms with Gasteiger partial charge in [-0.25, -0.2) is 0 Å². The molecule has 0 spiro atoms. The van der Waals surface area contributed by atoms with Gasteiger partial charge in [0.25, 0.3) is 0 Å². The van der Waals surface area contributed by atoms with Crippen LogP contribution in [0.4, 0.5) is 0 Å². The highest BCUT2D eigenvalue weighted by Crippen LogP contribution is 2.35. The molecule has 0 radical (unpaired) electrons. The number of hydrogen-bond acceptors (Lipinski definition) is 0. The van der Waals surface area contributed by atoms with Crippen LogP contribution in [0.1, 0.15) is 44.9 Å². The Bertz CT molecular complexity index is 604. The van der Waals surface area contributed by atoms with Crippen LogP contribution in [0.5, 0.6) is 0 Å². The summed E-state index contributed by atoms with van der Waals surface area (Å²) in [5, 5.41) is 0. The largest absolute Gasteiger partial charge is 0.103 e. The van der Waals surface area contributed by atoms with E-state index in [0.29, 0.717) is 5.92 Å². The van der Waals surface area contributed by atoms with Crippen LogP contribution in [-0.4, -0.2) is 0 Å². The maximum absolute atomic E-state index is 3.92. The summed E-state index contributed by atoms with van der Waals surface area (Å²) in [6.45, 7) is 3.92. The lowest BCUT2D eigenvalue weighted by Gasteiger charge is -2.25. The van der Waals surface area contributed by atoms with E-state index in [1.807, 2.05) is 6.08 Å². The van der Waals surface area contributed by atoms with Crippen molar-refractivity contribution in [3.05, 3.63) is 84.1 Å². The molecule has 3 rings (SSSR count). The van der Waals surface area contributed by atoms with Crippen LogP contribution >= 0.6 is 0 Å². The van der Waals surface area contributed by atoms with Gasteiger partial charge in [0.05, 0.1) is 0 Å². The smallest absolute Gasteiger partial charge is 0.0103 e. The summed E-state index contributed by atoms with van der Waals surface area (Å²) in [4.78, 5) is 0. The summed E-state index contributed by atoms with van der Waals surface area (Å²) < 4.78 is 0. The lowest BCUT2D eigenvalue weighted by atomic mass is 9.80. The van der Waals surface area contributed by atoms with Gasteiger partial charge in [0, 0.05) is 0 Å². The first-order chi connectivity index (χ1) is 11.3. The molecule has 0 amide bonds. The Kier molecular flexibility index (Phi) is 5.69. The van der Waals surface area contributed by atoms with E-state index in [1.54, 1.807) is 11.1 Å².